The summed E-state index contributed by atoms with van der Waals surface area (Å²) >= 11 is 0. The van der Waals surface area contributed by atoms with Crippen molar-refractivity contribution in [1.82, 2.24) is 0 Å². The van der Waals surface area contributed by atoms with E-state index in [4.69, 9.17) is 61.6 Å². The van der Waals surface area contributed by atoms with Crippen molar-refractivity contribution in [3.8, 4) is 0 Å². The lowest BCUT2D eigenvalue weighted by molar-refractivity contribution is -0.344. The Morgan fingerprint density at radius 2 is 0.787 bits per heavy atom. The van der Waals surface area contributed by atoms with Gasteiger partial charge in [-0.15, -0.1) is 0 Å². The lowest BCUT2D eigenvalue weighted by atomic mass is 9.97. The quantitative estimate of drug-likeness (QED) is 0.0825. The van der Waals surface area contributed by atoms with E-state index in [1.165, 1.54) is 0 Å². The number of hydrogen-bond acceptors (Lipinski definition) is 23. The van der Waals surface area contributed by atoms with Crippen LogP contribution in [0.3, 0.4) is 0 Å². The minimum Gasteiger partial charge on any atom is -0.463 e. The Kier molecular flexibility index (Phi) is 19.4. The van der Waals surface area contributed by atoms with E-state index in [0.717, 1.165) is 48.5 Å². The summed E-state index contributed by atoms with van der Waals surface area (Å²) in [5.74, 6) is -6.23. The maximum absolute atomic E-state index is 12.5. The zero-order valence-corrected chi connectivity index (χ0v) is 36.7. The van der Waals surface area contributed by atoms with Crippen LogP contribution in [0.15, 0.2) is 0 Å². The highest BCUT2D eigenvalue weighted by Crippen LogP contribution is 2.34. The van der Waals surface area contributed by atoms with Crippen molar-refractivity contribution in [2.24, 2.45) is 0 Å². The minimum atomic E-state index is -1.75. The number of rotatable bonds is 18. The Morgan fingerprint density at radius 1 is 0.426 bits per heavy atom. The third-order valence-electron chi connectivity index (χ3n) is 9.10. The smallest absolute Gasteiger partial charge is 0.303 e. The summed E-state index contributed by atoms with van der Waals surface area (Å²) in [5.41, 5.74) is 0. The van der Waals surface area contributed by atoms with Crippen LogP contribution in [0.25, 0.3) is 0 Å². The van der Waals surface area contributed by atoms with Gasteiger partial charge in [0.2, 0.25) is 0 Å². The average Bonchev–Trinajstić information content (AvgIpc) is 3.12. The fourth-order valence-corrected chi connectivity index (χ4v) is 7.23. The molecule has 15 atom stereocenters. The molecule has 3 rings (SSSR count). The van der Waals surface area contributed by atoms with Gasteiger partial charge in [-0.2, -0.15) is 0 Å². The number of esters is 7. The molecule has 348 valence electrons. The topological polar surface area (TPSA) is 300 Å². The summed E-state index contributed by atoms with van der Waals surface area (Å²) in [6, 6.07) is 0.682. The van der Waals surface area contributed by atoms with Crippen molar-refractivity contribution in [2.45, 2.75) is 166 Å². The van der Waals surface area contributed by atoms with Crippen LogP contribution in [0, 0.1) is 0 Å². The summed E-state index contributed by atoms with van der Waals surface area (Å²) in [4.78, 5) is 86.1. The van der Waals surface area contributed by atoms with Crippen molar-refractivity contribution >= 4 is 49.9 Å². The highest BCUT2D eigenvalue weighted by molar-refractivity contribution is 6.76. The molecule has 23 nitrogen and oxygen atoms in total. The van der Waals surface area contributed by atoms with Gasteiger partial charge in [-0.3, -0.25) is 33.6 Å². The van der Waals surface area contributed by atoms with E-state index in [0.29, 0.717) is 6.04 Å². The second kappa shape index (κ2) is 23.0. The van der Waals surface area contributed by atoms with E-state index in [1.54, 1.807) is 0 Å². The molecule has 0 spiro atoms. The molecule has 3 aliphatic heterocycles. The lowest BCUT2D eigenvalue weighted by Gasteiger charge is -2.46. The van der Waals surface area contributed by atoms with Crippen LogP contribution in [0.1, 0.15) is 48.5 Å². The van der Waals surface area contributed by atoms with Crippen LogP contribution in [-0.4, -0.2) is 184 Å². The van der Waals surface area contributed by atoms with Gasteiger partial charge in [0.25, 0.3) is 0 Å². The second-order valence-corrected chi connectivity index (χ2v) is 21.3. The highest BCUT2D eigenvalue weighted by Gasteiger charge is 2.56. The molecule has 0 radical (unpaired) electrons. The molecule has 0 aromatic carbocycles. The first kappa shape index (κ1) is 51.5. The number of carbonyl (C=O) groups excluding carboxylic acids is 7. The first-order chi connectivity index (χ1) is 28.4. The van der Waals surface area contributed by atoms with Crippen molar-refractivity contribution in [3.63, 3.8) is 0 Å². The first-order valence-electron chi connectivity index (χ1n) is 19.4. The van der Waals surface area contributed by atoms with Gasteiger partial charge < -0.3 is 76.9 Å². The Balaban J connectivity index is 2.02. The van der Waals surface area contributed by atoms with Gasteiger partial charge in [-0.1, -0.05) is 19.6 Å². The second-order valence-electron chi connectivity index (χ2n) is 15.7. The Bertz CT molecular complexity index is 1540. The maximum Gasteiger partial charge on any atom is 0.303 e. The summed E-state index contributed by atoms with van der Waals surface area (Å²) < 4.78 is 73.6. The molecule has 3 N–H and O–H groups in total. The molecule has 0 aliphatic carbocycles. The first-order valence-corrected chi connectivity index (χ1v) is 23.1. The molecule has 0 aromatic rings. The maximum atomic E-state index is 12.5. The van der Waals surface area contributed by atoms with Crippen molar-refractivity contribution in [3.05, 3.63) is 0 Å². The van der Waals surface area contributed by atoms with E-state index in [-0.39, 0.29) is 6.61 Å². The van der Waals surface area contributed by atoms with Crippen molar-refractivity contribution in [2.75, 3.05) is 26.4 Å². The largest absolute Gasteiger partial charge is 0.463 e. The molecule has 0 aromatic heterocycles. The van der Waals surface area contributed by atoms with Crippen LogP contribution in [0.5, 0.6) is 0 Å². The van der Waals surface area contributed by atoms with Gasteiger partial charge in [0.1, 0.15) is 43.2 Å². The number of aliphatic hydroxyl groups is 3. The van der Waals surface area contributed by atoms with Gasteiger partial charge in [0.05, 0.1) is 13.2 Å². The van der Waals surface area contributed by atoms with Crippen LogP contribution in [0.4, 0.5) is 0 Å². The normalized spacial score (nSPS) is 34.0. The molecule has 0 amide bonds. The van der Waals surface area contributed by atoms with E-state index >= 15 is 0 Å². The Morgan fingerprint density at radius 3 is 1.18 bits per heavy atom. The molecule has 0 unspecified atom stereocenters. The SMILES string of the molecule is CC(=O)OC[C@H]1O[C@@H](OC[C@H]2O[C@@H](OC[C@H]3O[C@@H](OCC[Si](C)(C)C)[C@H](O)[C@@H](O)[C@H]3O)[C@H](OC(C)=O)[C@@H](OC(C)=O)[C@H]2OC(C)=O)[C@H](OC(C)=O)[C@@H](OC(C)=O)[C@H]1OC(C)=O. The van der Waals surface area contributed by atoms with Gasteiger partial charge in [0, 0.05) is 63.1 Å². The van der Waals surface area contributed by atoms with Crippen LogP contribution in [0.2, 0.25) is 25.7 Å². The minimum absolute atomic E-state index is 0.178. The van der Waals surface area contributed by atoms with E-state index < -0.39 is 162 Å². The monoisotopic (exact) mass is 898 g/mol. The zero-order chi connectivity index (χ0) is 45.9. The third-order valence-corrected chi connectivity index (χ3v) is 10.8. The number of carbonyl (C=O) groups is 7. The van der Waals surface area contributed by atoms with Gasteiger partial charge >= 0.3 is 41.8 Å². The highest BCUT2D eigenvalue weighted by atomic mass is 28.3. The summed E-state index contributed by atoms with van der Waals surface area (Å²) in [6.07, 6.45) is -24.1. The van der Waals surface area contributed by atoms with E-state index in [1.807, 2.05) is 0 Å². The Hall–Kier alpha value is -3.85. The molecule has 3 heterocycles. The summed E-state index contributed by atoms with van der Waals surface area (Å²) in [6.45, 7) is 11.8. The predicted octanol–water partition coefficient (Wildman–Crippen LogP) is -1.21. The van der Waals surface area contributed by atoms with Gasteiger partial charge in [0.15, 0.2) is 55.5 Å². The molecule has 3 aliphatic rings. The zero-order valence-electron chi connectivity index (χ0n) is 35.7. The van der Waals surface area contributed by atoms with E-state index in [2.05, 4.69) is 19.6 Å². The standard InChI is InChI=1S/C37H58O23Si/c1-16(38)49-14-24-29(52-17(2)39)31(54-19(4)41)34(57-22(7)44)37(59-24)51-15-25-30(53-18(3)40)32(55-20(5)42)33(56-21(6)43)36(60-25)50-13-23-26(45)27(46)28(47)35(58-23)48-11-12-61(8,9)10/h23-37,45-47H,11-15H2,1-10H3/t23-,24-,25-,26+,27+,28-,29+,30+,31+,32+,33-,34-,35-,36-,37-/m1/s1. The van der Waals surface area contributed by atoms with Crippen molar-refractivity contribution in [1.29, 1.82) is 0 Å². The fourth-order valence-electron chi connectivity index (χ4n) is 6.50. The molecule has 0 bridgehead atoms. The predicted molar refractivity (Wildman–Crippen MR) is 200 cm³/mol. The molecule has 3 saturated heterocycles. The molecule has 61 heavy (non-hydrogen) atoms. The van der Waals surface area contributed by atoms with E-state index in [9.17, 15) is 48.9 Å². The van der Waals surface area contributed by atoms with Crippen LogP contribution in [-0.2, 0) is 95.1 Å². The van der Waals surface area contributed by atoms with Gasteiger partial charge in [-0.05, 0) is 6.04 Å². The average molecular weight is 899 g/mol. The molecule has 3 fully saturated rings. The molecular weight excluding hydrogens is 840 g/mol. The molecule has 0 saturated carbocycles. The van der Waals surface area contributed by atoms with Crippen LogP contribution >= 0.6 is 0 Å². The third kappa shape index (κ3) is 15.8. The lowest BCUT2D eigenvalue weighted by Crippen LogP contribution is -2.65. The van der Waals surface area contributed by atoms with Crippen molar-refractivity contribution < 1.29 is 110 Å². The number of ether oxygens (including phenoxy) is 13. The number of aliphatic hydroxyl groups excluding tert-OH is 3. The summed E-state index contributed by atoms with van der Waals surface area (Å²) in [7, 11) is -1.59. The molecule has 24 heteroatoms. The Labute approximate surface area is 352 Å². The molecular formula is C37H58O23Si. The van der Waals surface area contributed by atoms with Gasteiger partial charge in [-0.25, -0.2) is 0 Å². The van der Waals surface area contributed by atoms with Crippen LogP contribution < -0.4 is 0 Å². The fraction of sp³-hybridized carbons (Fsp3) is 0.811. The number of hydrogen-bond donors (Lipinski definition) is 3. The summed E-state index contributed by atoms with van der Waals surface area (Å²) in [5, 5.41) is 32.1.